The van der Waals surface area contributed by atoms with Gasteiger partial charge in [0.15, 0.2) is 5.82 Å². The van der Waals surface area contributed by atoms with Crippen molar-refractivity contribution in [2.75, 3.05) is 33.4 Å². The number of aromatic nitrogens is 2. The molecular weight excluding hydrogens is 270 g/mol. The van der Waals surface area contributed by atoms with Crippen molar-refractivity contribution in [1.29, 1.82) is 0 Å². The van der Waals surface area contributed by atoms with E-state index in [-0.39, 0.29) is 32.3 Å². The van der Waals surface area contributed by atoms with E-state index in [0.29, 0.717) is 5.82 Å². The van der Waals surface area contributed by atoms with Crippen LogP contribution in [0.5, 0.6) is 0 Å². The van der Waals surface area contributed by atoms with Crippen LogP contribution in [0.1, 0.15) is 11.7 Å². The smallest absolute Gasteiger partial charge is 0.323 e. The van der Waals surface area contributed by atoms with E-state index in [1.54, 1.807) is 6.92 Å². The van der Waals surface area contributed by atoms with Crippen molar-refractivity contribution in [3.63, 3.8) is 0 Å². The molecule has 1 aromatic heterocycles. The number of hydrogen-bond acceptors (Lipinski definition) is 7. The number of carboxylic acid groups (broad SMARTS) is 1. The van der Waals surface area contributed by atoms with Crippen LogP contribution in [-0.4, -0.2) is 65.4 Å². The molecule has 0 atom stereocenters. The molecule has 0 saturated carbocycles. The lowest BCUT2D eigenvalue weighted by Crippen LogP contribution is -2.40. The Morgan fingerprint density at radius 3 is 2.75 bits per heavy atom. The van der Waals surface area contributed by atoms with Crippen LogP contribution in [0.15, 0.2) is 4.52 Å². The minimum Gasteiger partial charge on any atom is -0.480 e. The molecule has 0 radical (unpaired) electrons. The van der Waals surface area contributed by atoms with E-state index < -0.39 is 18.4 Å². The molecule has 0 bridgehead atoms. The summed E-state index contributed by atoms with van der Waals surface area (Å²) in [5.74, 6) is -0.804. The van der Waals surface area contributed by atoms with Crippen LogP contribution in [-0.2, 0) is 25.7 Å². The summed E-state index contributed by atoms with van der Waals surface area (Å²) in [7, 11) is 1.47. The second kappa shape index (κ2) is 8.23. The second-order valence-corrected chi connectivity index (χ2v) is 3.93. The number of amides is 1. The van der Waals surface area contributed by atoms with Gasteiger partial charge in [0.25, 0.3) is 5.89 Å². The van der Waals surface area contributed by atoms with Crippen molar-refractivity contribution in [3.8, 4) is 0 Å². The summed E-state index contributed by atoms with van der Waals surface area (Å²) in [6, 6.07) is 0. The predicted molar refractivity (Wildman–Crippen MR) is 64.8 cm³/mol. The lowest BCUT2D eigenvalue weighted by molar-refractivity contribution is -0.147. The fourth-order valence-electron chi connectivity index (χ4n) is 1.37. The van der Waals surface area contributed by atoms with Crippen molar-refractivity contribution in [1.82, 2.24) is 15.0 Å². The summed E-state index contributed by atoms with van der Waals surface area (Å²) in [5, 5.41) is 12.3. The fraction of sp³-hybridized carbons (Fsp3) is 0.636. The quantitative estimate of drug-likeness (QED) is 0.643. The number of nitrogens with zero attached hydrogens (tertiary/aromatic N) is 3. The van der Waals surface area contributed by atoms with E-state index in [2.05, 4.69) is 10.1 Å². The van der Waals surface area contributed by atoms with Gasteiger partial charge < -0.3 is 24.0 Å². The Bertz CT molecular complexity index is 447. The SMILES string of the molecule is COCCN(CC(=O)O)C(=O)COCc1nc(C)no1. The molecule has 0 fully saturated rings. The number of aliphatic carboxylic acids is 1. The van der Waals surface area contributed by atoms with E-state index >= 15 is 0 Å². The largest absolute Gasteiger partial charge is 0.480 e. The lowest BCUT2D eigenvalue weighted by Gasteiger charge is -2.19. The number of methoxy groups -OCH3 is 1. The van der Waals surface area contributed by atoms with E-state index in [9.17, 15) is 9.59 Å². The predicted octanol–water partition coefficient (Wildman–Crippen LogP) is -0.546. The zero-order valence-electron chi connectivity index (χ0n) is 11.4. The van der Waals surface area contributed by atoms with Gasteiger partial charge in [0.1, 0.15) is 19.8 Å². The summed E-state index contributed by atoms with van der Waals surface area (Å²) in [4.78, 5) is 27.5. The molecule has 20 heavy (non-hydrogen) atoms. The second-order valence-electron chi connectivity index (χ2n) is 3.93. The van der Waals surface area contributed by atoms with Crippen molar-refractivity contribution >= 4 is 11.9 Å². The molecule has 0 aromatic carbocycles. The molecule has 0 spiro atoms. The first-order chi connectivity index (χ1) is 9.52. The Morgan fingerprint density at radius 1 is 1.45 bits per heavy atom. The van der Waals surface area contributed by atoms with E-state index in [0.717, 1.165) is 4.90 Å². The minimum atomic E-state index is -1.10. The molecule has 9 nitrogen and oxygen atoms in total. The number of aryl methyl sites for hydroxylation is 1. The summed E-state index contributed by atoms with van der Waals surface area (Å²) in [6.07, 6.45) is 0. The Morgan fingerprint density at radius 2 is 2.20 bits per heavy atom. The Balaban J connectivity index is 2.38. The molecule has 1 rings (SSSR count). The average molecular weight is 287 g/mol. The Kier molecular flexibility index (Phi) is 6.60. The maximum Gasteiger partial charge on any atom is 0.323 e. The first kappa shape index (κ1) is 16.1. The number of rotatable bonds is 9. The van der Waals surface area contributed by atoms with Gasteiger partial charge in [0.05, 0.1) is 6.61 Å². The van der Waals surface area contributed by atoms with Crippen molar-refractivity contribution in [3.05, 3.63) is 11.7 Å². The third kappa shape index (κ3) is 5.76. The zero-order chi connectivity index (χ0) is 15.0. The van der Waals surface area contributed by atoms with Gasteiger partial charge in [0, 0.05) is 13.7 Å². The molecule has 112 valence electrons. The van der Waals surface area contributed by atoms with Crippen LogP contribution in [0.25, 0.3) is 0 Å². The molecule has 9 heteroatoms. The minimum absolute atomic E-state index is 0.00221. The summed E-state index contributed by atoms with van der Waals surface area (Å²) in [6.45, 7) is 1.44. The number of carbonyl (C=O) groups is 2. The highest BCUT2D eigenvalue weighted by Gasteiger charge is 2.17. The highest BCUT2D eigenvalue weighted by Crippen LogP contribution is 1.99. The van der Waals surface area contributed by atoms with Gasteiger partial charge in [-0.15, -0.1) is 0 Å². The Labute approximate surface area is 115 Å². The Hall–Kier alpha value is -2.00. The van der Waals surface area contributed by atoms with Gasteiger partial charge in [0.2, 0.25) is 5.91 Å². The van der Waals surface area contributed by atoms with Crippen molar-refractivity contribution in [2.24, 2.45) is 0 Å². The number of carboxylic acids is 1. The normalized spacial score (nSPS) is 10.5. The van der Waals surface area contributed by atoms with Crippen LogP contribution in [0.3, 0.4) is 0 Å². The van der Waals surface area contributed by atoms with Gasteiger partial charge in [-0.05, 0) is 6.92 Å². The maximum atomic E-state index is 11.8. The highest BCUT2D eigenvalue weighted by molar-refractivity contribution is 5.82. The number of hydrogen-bond donors (Lipinski definition) is 1. The zero-order valence-corrected chi connectivity index (χ0v) is 11.4. The van der Waals surface area contributed by atoms with Crippen molar-refractivity contribution < 1.29 is 28.7 Å². The first-order valence-electron chi connectivity index (χ1n) is 5.88. The van der Waals surface area contributed by atoms with E-state index in [4.69, 9.17) is 19.1 Å². The van der Waals surface area contributed by atoms with Gasteiger partial charge in [-0.1, -0.05) is 5.16 Å². The molecule has 1 amide bonds. The maximum absolute atomic E-state index is 11.8. The topological polar surface area (TPSA) is 115 Å². The van der Waals surface area contributed by atoms with Gasteiger partial charge in [-0.3, -0.25) is 9.59 Å². The van der Waals surface area contributed by atoms with Crippen LogP contribution in [0.4, 0.5) is 0 Å². The summed E-state index contributed by atoms with van der Waals surface area (Å²) < 4.78 is 14.7. The molecule has 0 aliphatic carbocycles. The molecule has 0 unspecified atom stereocenters. The highest BCUT2D eigenvalue weighted by atomic mass is 16.5. The van der Waals surface area contributed by atoms with Gasteiger partial charge in [-0.2, -0.15) is 4.98 Å². The summed E-state index contributed by atoms with van der Waals surface area (Å²) >= 11 is 0. The fourth-order valence-corrected chi connectivity index (χ4v) is 1.37. The molecule has 0 aliphatic rings. The van der Waals surface area contributed by atoms with E-state index in [1.807, 2.05) is 0 Å². The average Bonchev–Trinajstić information content (AvgIpc) is 2.79. The lowest BCUT2D eigenvalue weighted by atomic mass is 10.4. The van der Waals surface area contributed by atoms with Crippen LogP contribution >= 0.6 is 0 Å². The number of ether oxygens (including phenoxy) is 2. The van der Waals surface area contributed by atoms with Gasteiger partial charge in [-0.25, -0.2) is 0 Å². The third-order valence-electron chi connectivity index (χ3n) is 2.26. The molecular formula is C11H17N3O6. The first-order valence-corrected chi connectivity index (χ1v) is 5.88. The molecule has 1 aromatic rings. The van der Waals surface area contributed by atoms with Crippen molar-refractivity contribution in [2.45, 2.75) is 13.5 Å². The molecule has 1 heterocycles. The standard InChI is InChI=1S/C11H17N3O6/c1-8-12-9(20-13-8)6-19-7-10(15)14(3-4-18-2)5-11(16)17/h3-7H2,1-2H3,(H,16,17). The van der Waals surface area contributed by atoms with Crippen LogP contribution in [0, 0.1) is 6.92 Å². The molecule has 1 N–H and O–H groups in total. The van der Waals surface area contributed by atoms with Crippen LogP contribution in [0.2, 0.25) is 0 Å². The third-order valence-corrected chi connectivity index (χ3v) is 2.26. The van der Waals surface area contributed by atoms with Crippen LogP contribution < -0.4 is 0 Å². The van der Waals surface area contributed by atoms with E-state index in [1.165, 1.54) is 7.11 Å². The molecule has 0 aliphatic heterocycles. The monoisotopic (exact) mass is 287 g/mol. The number of carbonyl (C=O) groups excluding carboxylic acids is 1. The molecule has 0 saturated heterocycles. The van der Waals surface area contributed by atoms with Gasteiger partial charge >= 0.3 is 5.97 Å². The summed E-state index contributed by atoms with van der Waals surface area (Å²) in [5.41, 5.74) is 0.